The molecule has 14 heavy (non-hydrogen) atoms. The minimum absolute atomic E-state index is 0.427. The Kier molecular flexibility index (Phi) is 2.28. The smallest absolute Gasteiger partial charge is 0.165 e. The van der Waals surface area contributed by atoms with Crippen LogP contribution in [-0.4, -0.2) is 25.3 Å². The first-order chi connectivity index (χ1) is 6.74. The van der Waals surface area contributed by atoms with Crippen molar-refractivity contribution < 1.29 is 0 Å². The molecule has 2 aromatic heterocycles. The van der Waals surface area contributed by atoms with Crippen LogP contribution in [0.5, 0.6) is 0 Å². The Morgan fingerprint density at radius 3 is 3.00 bits per heavy atom. The maximum absolute atomic E-state index is 5.69. The first-order valence-electron chi connectivity index (χ1n) is 4.28. The molecule has 0 unspecified atom stereocenters. The number of aromatic nitrogens is 4. The lowest BCUT2D eigenvalue weighted by Crippen LogP contribution is -2.02. The lowest BCUT2D eigenvalue weighted by Gasteiger charge is -2.02. The lowest BCUT2D eigenvalue weighted by molar-refractivity contribution is 0.754. The number of hydrogen-bond donors (Lipinski definition) is 2. The van der Waals surface area contributed by atoms with Gasteiger partial charge in [0.05, 0.1) is 0 Å². The fraction of sp³-hybridized carbons (Fsp3) is 0.375. The van der Waals surface area contributed by atoms with E-state index in [2.05, 4.69) is 27.6 Å². The van der Waals surface area contributed by atoms with Gasteiger partial charge in [-0.05, 0) is 6.92 Å². The number of nitrogens with two attached hydrogens (primary N) is 1. The van der Waals surface area contributed by atoms with Gasteiger partial charge in [-0.1, -0.05) is 0 Å². The van der Waals surface area contributed by atoms with Gasteiger partial charge in [0, 0.05) is 12.3 Å². The van der Waals surface area contributed by atoms with E-state index in [1.807, 2.05) is 11.5 Å². The Labute approximate surface area is 86.8 Å². The molecule has 0 aliphatic rings. The first-order valence-corrected chi connectivity index (χ1v) is 4.91. The Morgan fingerprint density at radius 1 is 1.50 bits per heavy atom. The topological polar surface area (TPSA) is 69.6 Å². The summed E-state index contributed by atoms with van der Waals surface area (Å²) in [5.41, 5.74) is 7.14. The maximum atomic E-state index is 5.69. The predicted octanol–water partition coefficient (Wildman–Crippen LogP) is 0.647. The number of rotatable bonds is 2. The largest absolute Gasteiger partial charge is 0.382 e. The van der Waals surface area contributed by atoms with Crippen molar-refractivity contribution in [3.8, 4) is 0 Å². The maximum Gasteiger partial charge on any atom is 0.165 e. The van der Waals surface area contributed by atoms with E-state index in [1.54, 1.807) is 0 Å². The number of imidazole rings is 1. The number of nitrogens with zero attached hydrogens (tertiary/aromatic N) is 4. The SMILES string of the molecule is Cc1nc2c(N)ncnc2n1CCS. The number of nitrogen functional groups attached to an aromatic ring is 1. The van der Waals surface area contributed by atoms with Gasteiger partial charge in [-0.2, -0.15) is 12.6 Å². The summed E-state index contributed by atoms with van der Waals surface area (Å²) in [7, 11) is 0. The van der Waals surface area contributed by atoms with Gasteiger partial charge >= 0.3 is 0 Å². The summed E-state index contributed by atoms with van der Waals surface area (Å²) >= 11 is 4.18. The number of aryl methyl sites for hydroxylation is 2. The summed E-state index contributed by atoms with van der Waals surface area (Å²) in [6.07, 6.45) is 1.45. The minimum atomic E-state index is 0.427. The lowest BCUT2D eigenvalue weighted by atomic mass is 10.5. The molecule has 0 amide bonds. The zero-order chi connectivity index (χ0) is 10.1. The van der Waals surface area contributed by atoms with Crippen molar-refractivity contribution in [3.05, 3.63) is 12.2 Å². The van der Waals surface area contributed by atoms with E-state index in [0.717, 1.165) is 23.8 Å². The third kappa shape index (κ3) is 1.31. The summed E-state index contributed by atoms with van der Waals surface area (Å²) in [5, 5.41) is 0. The third-order valence-corrected chi connectivity index (χ3v) is 2.27. The second-order valence-corrected chi connectivity index (χ2v) is 3.41. The minimum Gasteiger partial charge on any atom is -0.382 e. The molecule has 6 heteroatoms. The van der Waals surface area contributed by atoms with Crippen molar-refractivity contribution in [2.24, 2.45) is 0 Å². The quantitative estimate of drug-likeness (QED) is 0.712. The van der Waals surface area contributed by atoms with Crippen LogP contribution in [0.2, 0.25) is 0 Å². The highest BCUT2D eigenvalue weighted by molar-refractivity contribution is 7.80. The molecule has 2 rings (SSSR count). The summed E-state index contributed by atoms with van der Waals surface area (Å²) in [4.78, 5) is 12.4. The van der Waals surface area contributed by atoms with Crippen molar-refractivity contribution in [2.45, 2.75) is 13.5 Å². The van der Waals surface area contributed by atoms with Gasteiger partial charge in [-0.15, -0.1) is 0 Å². The molecular weight excluding hydrogens is 198 g/mol. The van der Waals surface area contributed by atoms with Crippen molar-refractivity contribution >= 4 is 29.6 Å². The molecule has 0 bridgehead atoms. The fourth-order valence-corrected chi connectivity index (χ4v) is 1.63. The number of thiol groups is 1. The predicted molar refractivity (Wildman–Crippen MR) is 58.3 cm³/mol. The molecule has 0 saturated heterocycles. The number of hydrogen-bond acceptors (Lipinski definition) is 5. The molecule has 2 aromatic rings. The Hall–Kier alpha value is -1.30. The van der Waals surface area contributed by atoms with Crippen LogP contribution in [0.25, 0.3) is 11.2 Å². The molecule has 0 aliphatic carbocycles. The molecule has 0 aromatic carbocycles. The van der Waals surface area contributed by atoms with Gasteiger partial charge in [-0.25, -0.2) is 15.0 Å². The van der Waals surface area contributed by atoms with Crippen molar-refractivity contribution in [2.75, 3.05) is 11.5 Å². The average Bonchev–Trinajstić information content (AvgIpc) is 2.47. The molecule has 74 valence electrons. The van der Waals surface area contributed by atoms with Crippen LogP contribution < -0.4 is 5.73 Å². The van der Waals surface area contributed by atoms with Gasteiger partial charge in [0.2, 0.25) is 0 Å². The van der Waals surface area contributed by atoms with Crippen LogP contribution in [0.15, 0.2) is 6.33 Å². The Bertz CT molecular complexity index is 464. The van der Waals surface area contributed by atoms with E-state index in [-0.39, 0.29) is 0 Å². The molecule has 0 radical (unpaired) electrons. The van der Waals surface area contributed by atoms with Crippen LogP contribution in [0, 0.1) is 6.92 Å². The molecule has 2 N–H and O–H groups in total. The normalized spacial score (nSPS) is 11.0. The van der Waals surface area contributed by atoms with Crippen LogP contribution in [0.3, 0.4) is 0 Å². The first kappa shape index (κ1) is 9.26. The van der Waals surface area contributed by atoms with E-state index in [0.29, 0.717) is 11.3 Å². The van der Waals surface area contributed by atoms with Crippen LogP contribution in [0.1, 0.15) is 5.82 Å². The molecule has 2 heterocycles. The summed E-state index contributed by atoms with van der Waals surface area (Å²) < 4.78 is 1.99. The van der Waals surface area contributed by atoms with E-state index >= 15 is 0 Å². The second kappa shape index (κ2) is 3.45. The number of fused-ring (bicyclic) bond motifs is 1. The summed E-state index contributed by atoms with van der Waals surface area (Å²) in [6, 6.07) is 0. The zero-order valence-electron chi connectivity index (χ0n) is 7.80. The highest BCUT2D eigenvalue weighted by Gasteiger charge is 2.10. The average molecular weight is 209 g/mol. The van der Waals surface area contributed by atoms with Crippen LogP contribution in [-0.2, 0) is 6.54 Å². The van der Waals surface area contributed by atoms with Gasteiger partial charge in [0.25, 0.3) is 0 Å². The third-order valence-electron chi connectivity index (χ3n) is 2.07. The van der Waals surface area contributed by atoms with Crippen LogP contribution in [0.4, 0.5) is 5.82 Å². The van der Waals surface area contributed by atoms with E-state index in [4.69, 9.17) is 5.73 Å². The van der Waals surface area contributed by atoms with Crippen LogP contribution >= 0.6 is 12.6 Å². The Morgan fingerprint density at radius 2 is 2.29 bits per heavy atom. The molecule has 0 aliphatic heterocycles. The molecule has 5 nitrogen and oxygen atoms in total. The molecule has 0 saturated carbocycles. The summed E-state index contributed by atoms with van der Waals surface area (Å²) in [5.74, 6) is 2.06. The van der Waals surface area contributed by atoms with Gasteiger partial charge in [0.1, 0.15) is 12.2 Å². The molecule has 0 spiro atoms. The van der Waals surface area contributed by atoms with E-state index in [9.17, 15) is 0 Å². The highest BCUT2D eigenvalue weighted by Crippen LogP contribution is 2.16. The van der Waals surface area contributed by atoms with Crippen molar-refractivity contribution in [1.29, 1.82) is 0 Å². The van der Waals surface area contributed by atoms with Gasteiger partial charge < -0.3 is 10.3 Å². The van der Waals surface area contributed by atoms with E-state index < -0.39 is 0 Å². The zero-order valence-corrected chi connectivity index (χ0v) is 8.70. The fourth-order valence-electron chi connectivity index (χ4n) is 1.43. The van der Waals surface area contributed by atoms with E-state index in [1.165, 1.54) is 6.33 Å². The number of anilines is 1. The molecule has 0 atom stereocenters. The van der Waals surface area contributed by atoms with Crippen molar-refractivity contribution in [1.82, 2.24) is 19.5 Å². The Balaban J connectivity index is 2.70. The molecular formula is C8H11N5S. The standard InChI is InChI=1S/C8H11N5S/c1-5-12-6-7(9)10-4-11-8(6)13(5)2-3-14/h4,14H,2-3H2,1H3,(H2,9,10,11). The monoisotopic (exact) mass is 209 g/mol. The van der Waals surface area contributed by atoms with Gasteiger partial charge in [-0.3, -0.25) is 0 Å². The second-order valence-electron chi connectivity index (χ2n) is 2.97. The van der Waals surface area contributed by atoms with Crippen molar-refractivity contribution in [3.63, 3.8) is 0 Å². The highest BCUT2D eigenvalue weighted by atomic mass is 32.1. The molecule has 0 fully saturated rings. The van der Waals surface area contributed by atoms with Gasteiger partial charge in [0.15, 0.2) is 17.0 Å². The summed E-state index contributed by atoms with van der Waals surface area (Å²) in [6.45, 7) is 2.70.